The molecule has 3 rings (SSSR count). The van der Waals surface area contributed by atoms with Crippen molar-refractivity contribution in [3.8, 4) is 0 Å². The summed E-state index contributed by atoms with van der Waals surface area (Å²) in [6.45, 7) is 24.2. The Labute approximate surface area is 212 Å². The van der Waals surface area contributed by atoms with E-state index in [1.165, 1.54) is 51.4 Å². The van der Waals surface area contributed by atoms with Gasteiger partial charge in [0.05, 0.1) is 0 Å². The van der Waals surface area contributed by atoms with E-state index in [4.69, 9.17) is 0 Å². The van der Waals surface area contributed by atoms with E-state index in [2.05, 4.69) is 104 Å². The topological polar surface area (TPSA) is 24.1 Å². The van der Waals surface area contributed by atoms with Crippen LogP contribution in [0.1, 0.15) is 119 Å². The van der Waals surface area contributed by atoms with E-state index >= 15 is 0 Å². The smallest absolute Gasteiger partial charge is 0.0184 e. The molecule has 2 saturated heterocycles. The molecule has 0 spiro atoms. The molecule has 0 saturated carbocycles. The van der Waals surface area contributed by atoms with Gasteiger partial charge in [-0.3, -0.25) is 0 Å². The van der Waals surface area contributed by atoms with Crippen molar-refractivity contribution in [1.29, 1.82) is 0 Å². The van der Waals surface area contributed by atoms with Crippen LogP contribution in [0.2, 0.25) is 0 Å². The molecule has 2 heterocycles. The maximum atomic E-state index is 4.06. The maximum Gasteiger partial charge on any atom is 0.0184 e. The van der Waals surface area contributed by atoms with Crippen LogP contribution in [-0.4, -0.2) is 22.2 Å². The van der Waals surface area contributed by atoms with Crippen molar-refractivity contribution in [2.45, 2.75) is 143 Å². The van der Waals surface area contributed by atoms with Crippen molar-refractivity contribution in [2.75, 3.05) is 0 Å². The predicted octanol–water partition coefficient (Wildman–Crippen LogP) is 7.94. The molecule has 2 heteroatoms. The Bertz CT molecular complexity index is 756. The van der Waals surface area contributed by atoms with Crippen LogP contribution in [0.15, 0.2) is 24.3 Å². The zero-order chi connectivity index (χ0) is 25.4. The third-order valence-corrected chi connectivity index (χ3v) is 11.0. The Balaban J connectivity index is 1.79. The molecule has 1 aromatic carbocycles. The van der Waals surface area contributed by atoms with Crippen LogP contribution in [0.3, 0.4) is 0 Å². The van der Waals surface area contributed by atoms with Crippen LogP contribution in [0.4, 0.5) is 0 Å². The number of hydrogen-bond donors (Lipinski definition) is 2. The molecule has 2 aliphatic rings. The Morgan fingerprint density at radius 2 is 1.06 bits per heavy atom. The van der Waals surface area contributed by atoms with Crippen LogP contribution < -0.4 is 10.6 Å². The fourth-order valence-electron chi connectivity index (χ4n) is 7.53. The van der Waals surface area contributed by atoms with Crippen molar-refractivity contribution in [3.05, 3.63) is 35.4 Å². The Kier molecular flexibility index (Phi) is 8.36. The third-order valence-electron chi connectivity index (χ3n) is 11.0. The van der Waals surface area contributed by atoms with Gasteiger partial charge in [-0.1, -0.05) is 65.8 Å². The zero-order valence-electron chi connectivity index (χ0n) is 24.3. The summed E-state index contributed by atoms with van der Waals surface area (Å²) in [5, 5.41) is 8.12. The van der Waals surface area contributed by atoms with E-state index in [1.807, 2.05) is 0 Å². The van der Waals surface area contributed by atoms with Crippen molar-refractivity contribution < 1.29 is 0 Å². The molecule has 2 fully saturated rings. The number of hydrogen-bond acceptors (Lipinski definition) is 2. The first-order valence-electron chi connectivity index (χ1n) is 14.5. The molecule has 194 valence electrons. The summed E-state index contributed by atoms with van der Waals surface area (Å²) in [5.41, 5.74) is 4.05. The minimum atomic E-state index is 0.227. The third kappa shape index (κ3) is 5.59. The highest BCUT2D eigenvalue weighted by Crippen LogP contribution is 2.44. The van der Waals surface area contributed by atoms with Gasteiger partial charge in [0.15, 0.2) is 0 Å². The highest BCUT2D eigenvalue weighted by Gasteiger charge is 2.47. The monoisotopic (exact) mass is 468 g/mol. The van der Waals surface area contributed by atoms with E-state index in [-0.39, 0.29) is 22.2 Å². The fraction of sp³-hybridized carbons (Fsp3) is 0.812. The average Bonchev–Trinajstić information content (AvgIpc) is 2.81. The van der Waals surface area contributed by atoms with Gasteiger partial charge in [0.2, 0.25) is 0 Å². The van der Waals surface area contributed by atoms with E-state index < -0.39 is 0 Å². The summed E-state index contributed by atoms with van der Waals surface area (Å²) in [6, 6.07) is 9.67. The van der Waals surface area contributed by atoms with Gasteiger partial charge in [-0.2, -0.15) is 0 Å². The summed E-state index contributed by atoms with van der Waals surface area (Å²) in [4.78, 5) is 0. The second-order valence-electron chi connectivity index (χ2n) is 13.4. The molecule has 0 aliphatic carbocycles. The molecular weight excluding hydrogens is 412 g/mol. The lowest BCUT2D eigenvalue weighted by Crippen LogP contribution is -2.64. The largest absolute Gasteiger partial charge is 0.306 e. The molecule has 0 aromatic heterocycles. The predicted molar refractivity (Wildman–Crippen MR) is 149 cm³/mol. The summed E-state index contributed by atoms with van der Waals surface area (Å²) >= 11 is 0. The zero-order valence-corrected chi connectivity index (χ0v) is 24.3. The molecule has 0 bridgehead atoms. The molecule has 1 aromatic rings. The first kappa shape index (κ1) is 27.7. The summed E-state index contributed by atoms with van der Waals surface area (Å²) in [6.07, 6.45) is 9.77. The lowest BCUT2D eigenvalue weighted by atomic mass is 9.64. The first-order chi connectivity index (χ1) is 15.8. The lowest BCUT2D eigenvalue weighted by Gasteiger charge is -2.54. The number of piperidine rings is 2. The maximum absolute atomic E-state index is 4.06. The standard InChI is InChI=1S/C32H56N2/c1-11-29(7)21-27(23(5)31(9,13-3)33-29)19-25-16-15-17-26(18-25)20-28-22-30(8,12-2)34-32(10,14-4)24(28)6/h15-18,23-24,27-28,33-34H,11-14,19-22H2,1-10H3. The highest BCUT2D eigenvalue weighted by atomic mass is 15.1. The van der Waals surface area contributed by atoms with Crippen molar-refractivity contribution in [2.24, 2.45) is 23.7 Å². The Hall–Kier alpha value is -0.860. The second kappa shape index (κ2) is 10.3. The van der Waals surface area contributed by atoms with Crippen molar-refractivity contribution in [1.82, 2.24) is 10.6 Å². The van der Waals surface area contributed by atoms with Gasteiger partial charge in [-0.25, -0.2) is 0 Å². The van der Waals surface area contributed by atoms with Crippen molar-refractivity contribution in [3.63, 3.8) is 0 Å². The molecule has 2 nitrogen and oxygen atoms in total. The minimum Gasteiger partial charge on any atom is -0.306 e. The van der Waals surface area contributed by atoms with E-state index in [0.717, 1.165) is 11.8 Å². The molecule has 2 N–H and O–H groups in total. The van der Waals surface area contributed by atoms with Gasteiger partial charge in [-0.05, 0) is 114 Å². The highest BCUT2D eigenvalue weighted by molar-refractivity contribution is 5.26. The normalized spacial score (nSPS) is 43.1. The minimum absolute atomic E-state index is 0.227. The number of nitrogens with one attached hydrogen (secondary N) is 2. The Morgan fingerprint density at radius 1 is 0.676 bits per heavy atom. The van der Waals surface area contributed by atoms with Gasteiger partial charge < -0.3 is 10.6 Å². The van der Waals surface area contributed by atoms with Gasteiger partial charge in [0.25, 0.3) is 0 Å². The van der Waals surface area contributed by atoms with Gasteiger partial charge in [-0.15, -0.1) is 0 Å². The Morgan fingerprint density at radius 3 is 1.38 bits per heavy atom. The van der Waals surface area contributed by atoms with Crippen LogP contribution in [0.5, 0.6) is 0 Å². The lowest BCUT2D eigenvalue weighted by molar-refractivity contribution is 0.0386. The van der Waals surface area contributed by atoms with E-state index in [0.29, 0.717) is 11.8 Å². The molecule has 8 atom stereocenters. The van der Waals surface area contributed by atoms with E-state index in [9.17, 15) is 0 Å². The summed E-state index contributed by atoms with van der Waals surface area (Å²) < 4.78 is 0. The average molecular weight is 469 g/mol. The summed E-state index contributed by atoms with van der Waals surface area (Å²) in [5.74, 6) is 2.83. The quantitative estimate of drug-likeness (QED) is 0.404. The second-order valence-corrected chi connectivity index (χ2v) is 13.4. The SMILES string of the molecule is CCC1(C)CC(Cc2cccc(CC3CC(C)(CC)NC(C)(CC)C3C)c2)C(C)C(C)(CC)N1. The molecule has 0 amide bonds. The molecule has 0 radical (unpaired) electrons. The number of benzene rings is 1. The van der Waals surface area contributed by atoms with Crippen LogP contribution in [0.25, 0.3) is 0 Å². The first-order valence-corrected chi connectivity index (χ1v) is 14.5. The van der Waals surface area contributed by atoms with Gasteiger partial charge in [0.1, 0.15) is 0 Å². The molecule has 8 unspecified atom stereocenters. The van der Waals surface area contributed by atoms with Gasteiger partial charge >= 0.3 is 0 Å². The van der Waals surface area contributed by atoms with Crippen LogP contribution >= 0.6 is 0 Å². The summed E-state index contributed by atoms with van der Waals surface area (Å²) in [7, 11) is 0. The molecule has 2 aliphatic heterocycles. The van der Waals surface area contributed by atoms with E-state index in [1.54, 1.807) is 11.1 Å². The van der Waals surface area contributed by atoms with Gasteiger partial charge in [0, 0.05) is 22.2 Å². The fourth-order valence-corrected chi connectivity index (χ4v) is 7.53. The van der Waals surface area contributed by atoms with Crippen LogP contribution in [0, 0.1) is 23.7 Å². The van der Waals surface area contributed by atoms with Crippen LogP contribution in [-0.2, 0) is 12.8 Å². The number of rotatable bonds is 8. The molecular formula is C32H56N2. The van der Waals surface area contributed by atoms with Crippen molar-refractivity contribution >= 4 is 0 Å². The molecule has 34 heavy (non-hydrogen) atoms.